The Hall–Kier alpha value is -3.61. The van der Waals surface area contributed by atoms with Crippen LogP contribution in [0.4, 0.5) is 10.5 Å². The number of hydrogen-bond acceptors (Lipinski definition) is 4. The molecule has 1 fully saturated rings. The van der Waals surface area contributed by atoms with Crippen LogP contribution in [0.2, 0.25) is 10.0 Å². The summed E-state index contributed by atoms with van der Waals surface area (Å²) >= 11 is 12.1. The van der Waals surface area contributed by atoms with Crippen LogP contribution in [0.3, 0.4) is 0 Å². The second kappa shape index (κ2) is 9.48. The molecule has 1 N–H and O–H groups in total. The first kappa shape index (κ1) is 22.6. The Kier molecular flexibility index (Phi) is 6.49. The molecule has 0 atom stereocenters. The summed E-state index contributed by atoms with van der Waals surface area (Å²) in [5.74, 6) is -0.845. The number of carbonyl (C=O) groups excluding carboxylic acids is 3. The van der Waals surface area contributed by atoms with Crippen molar-refractivity contribution in [3.63, 3.8) is 0 Å². The van der Waals surface area contributed by atoms with Gasteiger partial charge in [0.1, 0.15) is 17.9 Å². The van der Waals surface area contributed by atoms with E-state index in [0.29, 0.717) is 27.0 Å². The first-order chi connectivity index (χ1) is 15.8. The van der Waals surface area contributed by atoms with Crippen LogP contribution in [-0.4, -0.2) is 17.8 Å². The number of para-hydroxylation sites is 1. The Labute approximate surface area is 200 Å². The number of nitrogens with one attached hydrogen (secondary N) is 1. The molecule has 0 aromatic heterocycles. The van der Waals surface area contributed by atoms with Gasteiger partial charge in [-0.1, -0.05) is 59.6 Å². The molecule has 0 bridgehead atoms. The van der Waals surface area contributed by atoms with Gasteiger partial charge in [-0.15, -0.1) is 0 Å². The number of rotatable bonds is 5. The van der Waals surface area contributed by atoms with Gasteiger partial charge in [0.15, 0.2) is 0 Å². The van der Waals surface area contributed by atoms with Gasteiger partial charge in [0.05, 0.1) is 5.69 Å². The topological polar surface area (TPSA) is 75.7 Å². The molecule has 33 heavy (non-hydrogen) atoms. The Bertz CT molecular complexity index is 1290. The summed E-state index contributed by atoms with van der Waals surface area (Å²) < 4.78 is 5.75. The van der Waals surface area contributed by atoms with Crippen LogP contribution in [0.5, 0.6) is 5.75 Å². The van der Waals surface area contributed by atoms with Crippen LogP contribution < -0.4 is 15.0 Å². The average molecular weight is 481 g/mol. The van der Waals surface area contributed by atoms with Crippen molar-refractivity contribution in [2.45, 2.75) is 13.5 Å². The summed E-state index contributed by atoms with van der Waals surface area (Å²) in [4.78, 5) is 38.7. The van der Waals surface area contributed by atoms with Crippen molar-refractivity contribution in [1.82, 2.24) is 5.32 Å². The molecule has 0 radical (unpaired) electrons. The van der Waals surface area contributed by atoms with Crippen molar-refractivity contribution in [3.8, 4) is 5.75 Å². The largest absolute Gasteiger partial charge is 0.489 e. The van der Waals surface area contributed by atoms with Crippen LogP contribution in [0.1, 0.15) is 16.7 Å². The summed E-state index contributed by atoms with van der Waals surface area (Å²) in [6.45, 7) is 2.04. The van der Waals surface area contributed by atoms with E-state index >= 15 is 0 Å². The normalized spacial score (nSPS) is 15.1. The molecule has 1 aliphatic heterocycles. The molecule has 4 amide bonds. The molecular formula is C25H18Cl2N2O4. The minimum absolute atomic E-state index is 0.139. The van der Waals surface area contributed by atoms with Gasteiger partial charge in [0.2, 0.25) is 0 Å². The summed E-state index contributed by atoms with van der Waals surface area (Å²) in [6, 6.07) is 18.2. The summed E-state index contributed by atoms with van der Waals surface area (Å²) in [7, 11) is 0. The smallest absolute Gasteiger partial charge is 0.335 e. The van der Waals surface area contributed by atoms with E-state index in [1.807, 2.05) is 0 Å². The van der Waals surface area contributed by atoms with Crippen molar-refractivity contribution in [2.75, 3.05) is 4.90 Å². The highest BCUT2D eigenvalue weighted by molar-refractivity contribution is 6.39. The maximum absolute atomic E-state index is 13.0. The fraction of sp³-hybridized carbons (Fsp3) is 0.0800. The standard InChI is InChI=1S/C25H18Cl2N2O4/c1-15-4-2-3-5-22(15)29-24(31)20(23(30)28-25(29)32)12-16-6-10-19(11-7-16)33-14-17-8-9-18(26)13-21(17)27/h2-13H,14H2,1H3,(H,28,30,32)/b20-12+. The molecule has 8 heteroatoms. The van der Waals surface area contributed by atoms with Crippen LogP contribution in [0, 0.1) is 6.92 Å². The number of aryl methyl sites for hydroxylation is 1. The lowest BCUT2D eigenvalue weighted by molar-refractivity contribution is -0.122. The highest BCUT2D eigenvalue weighted by Gasteiger charge is 2.37. The minimum Gasteiger partial charge on any atom is -0.489 e. The number of halogens is 2. The fourth-order valence-corrected chi connectivity index (χ4v) is 3.78. The van der Waals surface area contributed by atoms with E-state index in [1.54, 1.807) is 73.7 Å². The van der Waals surface area contributed by atoms with Crippen molar-refractivity contribution in [2.24, 2.45) is 0 Å². The highest BCUT2D eigenvalue weighted by atomic mass is 35.5. The monoisotopic (exact) mass is 480 g/mol. The Morgan fingerprint density at radius 2 is 1.70 bits per heavy atom. The van der Waals surface area contributed by atoms with Gasteiger partial charge >= 0.3 is 6.03 Å². The van der Waals surface area contributed by atoms with Crippen molar-refractivity contribution >= 4 is 52.8 Å². The maximum Gasteiger partial charge on any atom is 0.335 e. The molecule has 0 unspecified atom stereocenters. The number of barbiturate groups is 1. The number of ether oxygens (including phenoxy) is 1. The van der Waals surface area contributed by atoms with E-state index in [1.165, 1.54) is 6.08 Å². The third-order valence-corrected chi connectivity index (χ3v) is 5.65. The minimum atomic E-state index is -0.777. The maximum atomic E-state index is 13.0. The second-order valence-corrected chi connectivity index (χ2v) is 8.18. The van der Waals surface area contributed by atoms with Gasteiger partial charge in [0, 0.05) is 15.6 Å². The SMILES string of the molecule is Cc1ccccc1N1C(=O)NC(=O)/C(=C\c2ccc(OCc3ccc(Cl)cc3Cl)cc2)C1=O. The van der Waals surface area contributed by atoms with Gasteiger partial charge in [-0.05, 0) is 54.5 Å². The van der Waals surface area contributed by atoms with Gasteiger partial charge in [-0.3, -0.25) is 14.9 Å². The van der Waals surface area contributed by atoms with E-state index in [0.717, 1.165) is 16.0 Å². The molecule has 0 spiro atoms. The Balaban J connectivity index is 1.52. The summed E-state index contributed by atoms with van der Waals surface area (Å²) in [5, 5.41) is 3.29. The van der Waals surface area contributed by atoms with E-state index in [2.05, 4.69) is 5.32 Å². The van der Waals surface area contributed by atoms with E-state index in [9.17, 15) is 14.4 Å². The zero-order valence-corrected chi connectivity index (χ0v) is 19.0. The molecule has 1 aliphatic rings. The van der Waals surface area contributed by atoms with E-state index in [4.69, 9.17) is 27.9 Å². The van der Waals surface area contributed by atoms with Crippen LogP contribution in [0.25, 0.3) is 6.08 Å². The fourth-order valence-electron chi connectivity index (χ4n) is 3.32. The van der Waals surface area contributed by atoms with Crippen molar-refractivity contribution < 1.29 is 19.1 Å². The lowest BCUT2D eigenvalue weighted by Gasteiger charge is -2.27. The molecule has 6 nitrogen and oxygen atoms in total. The van der Waals surface area contributed by atoms with E-state index in [-0.39, 0.29) is 12.2 Å². The van der Waals surface area contributed by atoms with Crippen molar-refractivity contribution in [3.05, 3.63) is 99.0 Å². The molecule has 0 saturated carbocycles. The molecule has 3 aromatic carbocycles. The molecule has 4 rings (SSSR count). The quantitative estimate of drug-likeness (QED) is 0.383. The molecule has 3 aromatic rings. The lowest BCUT2D eigenvalue weighted by Crippen LogP contribution is -2.54. The van der Waals surface area contributed by atoms with Gasteiger partial charge in [0.25, 0.3) is 11.8 Å². The summed E-state index contributed by atoms with van der Waals surface area (Å²) in [6.07, 6.45) is 1.44. The first-order valence-electron chi connectivity index (χ1n) is 9.97. The number of imide groups is 2. The Morgan fingerprint density at radius 1 is 0.970 bits per heavy atom. The number of amides is 4. The number of carbonyl (C=O) groups is 3. The van der Waals surface area contributed by atoms with Crippen LogP contribution in [-0.2, 0) is 16.2 Å². The Morgan fingerprint density at radius 3 is 2.39 bits per heavy atom. The summed E-state index contributed by atoms with van der Waals surface area (Å²) in [5.41, 5.74) is 2.40. The van der Waals surface area contributed by atoms with Gasteiger partial charge < -0.3 is 4.74 Å². The number of anilines is 1. The third kappa shape index (κ3) is 4.92. The first-order valence-corrected chi connectivity index (χ1v) is 10.7. The second-order valence-electron chi connectivity index (χ2n) is 7.34. The predicted octanol–water partition coefficient (Wildman–Crippen LogP) is 5.55. The number of urea groups is 1. The number of benzene rings is 3. The number of hydrogen-bond donors (Lipinski definition) is 1. The molecule has 1 saturated heterocycles. The van der Waals surface area contributed by atoms with Crippen LogP contribution >= 0.6 is 23.2 Å². The third-order valence-electron chi connectivity index (χ3n) is 5.06. The van der Waals surface area contributed by atoms with E-state index < -0.39 is 17.8 Å². The zero-order chi connectivity index (χ0) is 23.5. The molecule has 0 aliphatic carbocycles. The predicted molar refractivity (Wildman–Crippen MR) is 127 cm³/mol. The average Bonchev–Trinajstić information content (AvgIpc) is 2.78. The molecular weight excluding hydrogens is 463 g/mol. The van der Waals surface area contributed by atoms with Gasteiger partial charge in [-0.2, -0.15) is 0 Å². The molecule has 166 valence electrons. The number of nitrogens with zero attached hydrogens (tertiary/aromatic N) is 1. The highest BCUT2D eigenvalue weighted by Crippen LogP contribution is 2.26. The lowest BCUT2D eigenvalue weighted by atomic mass is 10.1. The van der Waals surface area contributed by atoms with Crippen LogP contribution in [0.15, 0.2) is 72.3 Å². The van der Waals surface area contributed by atoms with Gasteiger partial charge in [-0.25, -0.2) is 9.69 Å². The molecule has 1 heterocycles. The zero-order valence-electron chi connectivity index (χ0n) is 17.5. The van der Waals surface area contributed by atoms with Crippen molar-refractivity contribution in [1.29, 1.82) is 0 Å².